The van der Waals surface area contributed by atoms with Gasteiger partial charge in [0.15, 0.2) is 0 Å². The van der Waals surface area contributed by atoms with E-state index in [2.05, 4.69) is 0 Å². The molecule has 0 spiro atoms. The molecule has 4 heteroatoms. The van der Waals surface area contributed by atoms with Gasteiger partial charge in [-0.15, -0.1) is 0 Å². The largest absolute Gasteiger partial charge is 0.478 e. The van der Waals surface area contributed by atoms with Crippen molar-refractivity contribution < 1.29 is 19.4 Å². The molecule has 19 heavy (non-hydrogen) atoms. The molecule has 0 aromatic heterocycles. The minimum Gasteiger partial charge on any atom is -0.478 e. The van der Waals surface area contributed by atoms with Crippen molar-refractivity contribution in [2.24, 2.45) is 0 Å². The standard InChI is InChI=1S/C15H14O4/c1-2-7-19-15(18)13-9-11-6-4-3-5-10(11)8-12(13)14(16)17/h3-6,8-9H,2,7H2,1H3,(H,16,17). The highest BCUT2D eigenvalue weighted by Crippen LogP contribution is 2.21. The molecule has 0 fully saturated rings. The fraction of sp³-hybridized carbons (Fsp3) is 0.200. The Morgan fingerprint density at radius 3 is 2.21 bits per heavy atom. The highest BCUT2D eigenvalue weighted by molar-refractivity contribution is 6.06. The molecule has 0 aliphatic rings. The minimum atomic E-state index is -1.13. The smallest absolute Gasteiger partial charge is 0.339 e. The van der Waals surface area contributed by atoms with Crippen LogP contribution in [-0.2, 0) is 4.74 Å². The van der Waals surface area contributed by atoms with Crippen molar-refractivity contribution in [2.45, 2.75) is 13.3 Å². The maximum absolute atomic E-state index is 11.9. The third kappa shape index (κ3) is 2.73. The number of carboxylic acid groups (broad SMARTS) is 1. The van der Waals surface area contributed by atoms with Crippen molar-refractivity contribution in [3.63, 3.8) is 0 Å². The van der Waals surface area contributed by atoms with E-state index in [4.69, 9.17) is 4.74 Å². The SMILES string of the molecule is CCCOC(=O)c1cc2ccccc2cc1C(=O)O. The van der Waals surface area contributed by atoms with Crippen LogP contribution < -0.4 is 0 Å². The molecular weight excluding hydrogens is 244 g/mol. The Bertz CT molecular complexity index is 631. The van der Waals surface area contributed by atoms with Gasteiger partial charge in [0, 0.05) is 0 Å². The average Bonchev–Trinajstić information content (AvgIpc) is 2.43. The van der Waals surface area contributed by atoms with Gasteiger partial charge in [-0.2, -0.15) is 0 Å². The molecular formula is C15H14O4. The van der Waals surface area contributed by atoms with E-state index in [9.17, 15) is 14.7 Å². The lowest BCUT2D eigenvalue weighted by molar-refractivity contribution is 0.0495. The lowest BCUT2D eigenvalue weighted by atomic mass is 10.0. The first-order valence-electron chi connectivity index (χ1n) is 6.06. The van der Waals surface area contributed by atoms with Gasteiger partial charge in [-0.25, -0.2) is 9.59 Å². The molecule has 0 bridgehead atoms. The number of hydrogen-bond acceptors (Lipinski definition) is 3. The van der Waals surface area contributed by atoms with E-state index in [1.54, 1.807) is 6.07 Å². The maximum Gasteiger partial charge on any atom is 0.339 e. The summed E-state index contributed by atoms with van der Waals surface area (Å²) in [6.45, 7) is 2.16. The van der Waals surface area contributed by atoms with Gasteiger partial charge in [0.2, 0.25) is 0 Å². The highest BCUT2D eigenvalue weighted by atomic mass is 16.5. The summed E-state index contributed by atoms with van der Waals surface area (Å²) < 4.78 is 5.01. The molecule has 98 valence electrons. The molecule has 2 rings (SSSR count). The summed E-state index contributed by atoms with van der Waals surface area (Å²) in [6.07, 6.45) is 0.696. The van der Waals surface area contributed by atoms with Crippen LogP contribution in [0.15, 0.2) is 36.4 Å². The zero-order valence-corrected chi connectivity index (χ0v) is 10.6. The Labute approximate surface area is 110 Å². The molecule has 0 aliphatic heterocycles. The van der Waals surface area contributed by atoms with Crippen molar-refractivity contribution in [1.82, 2.24) is 0 Å². The number of benzene rings is 2. The van der Waals surface area contributed by atoms with Crippen molar-refractivity contribution in [3.05, 3.63) is 47.5 Å². The second-order valence-electron chi connectivity index (χ2n) is 4.19. The van der Waals surface area contributed by atoms with Crippen LogP contribution in [0.3, 0.4) is 0 Å². The van der Waals surface area contributed by atoms with Gasteiger partial charge in [0.05, 0.1) is 17.7 Å². The predicted molar refractivity (Wildman–Crippen MR) is 71.5 cm³/mol. The van der Waals surface area contributed by atoms with Gasteiger partial charge in [-0.3, -0.25) is 0 Å². The summed E-state index contributed by atoms with van der Waals surface area (Å²) in [4.78, 5) is 23.1. The van der Waals surface area contributed by atoms with Crippen LogP contribution >= 0.6 is 0 Å². The third-order valence-electron chi connectivity index (χ3n) is 2.77. The first kappa shape index (κ1) is 13.1. The number of aromatic carboxylic acids is 1. The van der Waals surface area contributed by atoms with E-state index in [1.165, 1.54) is 6.07 Å². The van der Waals surface area contributed by atoms with Crippen LogP contribution in [0.1, 0.15) is 34.1 Å². The number of carbonyl (C=O) groups excluding carboxylic acids is 1. The summed E-state index contributed by atoms with van der Waals surface area (Å²) in [5, 5.41) is 10.8. The van der Waals surface area contributed by atoms with Crippen LogP contribution in [0.2, 0.25) is 0 Å². The summed E-state index contributed by atoms with van der Waals surface area (Å²) in [5.74, 6) is -1.72. The zero-order valence-electron chi connectivity index (χ0n) is 10.6. The van der Waals surface area contributed by atoms with Gasteiger partial charge < -0.3 is 9.84 Å². The van der Waals surface area contributed by atoms with Crippen LogP contribution in [0.5, 0.6) is 0 Å². The highest BCUT2D eigenvalue weighted by Gasteiger charge is 2.18. The predicted octanol–water partition coefficient (Wildman–Crippen LogP) is 3.10. The molecule has 0 aliphatic carbocycles. The van der Waals surface area contributed by atoms with E-state index in [0.717, 1.165) is 10.8 Å². The van der Waals surface area contributed by atoms with E-state index in [-0.39, 0.29) is 17.7 Å². The third-order valence-corrected chi connectivity index (χ3v) is 2.77. The topological polar surface area (TPSA) is 63.6 Å². The second-order valence-corrected chi connectivity index (χ2v) is 4.19. The quantitative estimate of drug-likeness (QED) is 0.856. The Morgan fingerprint density at radius 1 is 1.11 bits per heavy atom. The monoisotopic (exact) mass is 258 g/mol. The Kier molecular flexibility index (Phi) is 3.80. The first-order chi connectivity index (χ1) is 9.13. The van der Waals surface area contributed by atoms with E-state index in [1.807, 2.05) is 31.2 Å². The summed E-state index contributed by atoms with van der Waals surface area (Å²) in [7, 11) is 0. The number of hydrogen-bond donors (Lipinski definition) is 1. The normalized spacial score (nSPS) is 10.4. The van der Waals surface area contributed by atoms with E-state index >= 15 is 0 Å². The number of fused-ring (bicyclic) bond motifs is 1. The van der Waals surface area contributed by atoms with Crippen LogP contribution in [0.25, 0.3) is 10.8 Å². The lowest BCUT2D eigenvalue weighted by Crippen LogP contribution is -2.12. The minimum absolute atomic E-state index is 0.0280. The molecule has 1 N–H and O–H groups in total. The Hall–Kier alpha value is -2.36. The number of carboxylic acids is 1. The summed E-state index contributed by atoms with van der Waals surface area (Å²) in [5.41, 5.74) is 0.0689. The fourth-order valence-electron chi connectivity index (χ4n) is 1.86. The maximum atomic E-state index is 11.9. The molecule has 2 aromatic carbocycles. The van der Waals surface area contributed by atoms with Gasteiger partial charge in [-0.1, -0.05) is 31.2 Å². The molecule has 0 saturated heterocycles. The number of esters is 1. The molecule has 4 nitrogen and oxygen atoms in total. The fourth-order valence-corrected chi connectivity index (χ4v) is 1.86. The zero-order chi connectivity index (χ0) is 13.8. The van der Waals surface area contributed by atoms with Crippen molar-refractivity contribution in [3.8, 4) is 0 Å². The van der Waals surface area contributed by atoms with Crippen LogP contribution in [-0.4, -0.2) is 23.7 Å². The molecule has 0 atom stereocenters. The average molecular weight is 258 g/mol. The molecule has 0 saturated carbocycles. The van der Waals surface area contributed by atoms with E-state index in [0.29, 0.717) is 6.42 Å². The van der Waals surface area contributed by atoms with Gasteiger partial charge in [0.1, 0.15) is 0 Å². The van der Waals surface area contributed by atoms with Gasteiger partial charge in [0.25, 0.3) is 0 Å². The first-order valence-corrected chi connectivity index (χ1v) is 6.06. The van der Waals surface area contributed by atoms with Gasteiger partial charge >= 0.3 is 11.9 Å². The number of rotatable bonds is 4. The summed E-state index contributed by atoms with van der Waals surface area (Å²) >= 11 is 0. The number of ether oxygens (including phenoxy) is 1. The van der Waals surface area contributed by atoms with Crippen molar-refractivity contribution >= 4 is 22.7 Å². The van der Waals surface area contributed by atoms with Gasteiger partial charge in [-0.05, 0) is 29.3 Å². The lowest BCUT2D eigenvalue weighted by Gasteiger charge is -2.08. The molecule has 2 aromatic rings. The second kappa shape index (κ2) is 5.52. The Balaban J connectivity index is 2.53. The van der Waals surface area contributed by atoms with E-state index < -0.39 is 11.9 Å². The van der Waals surface area contributed by atoms with Crippen LogP contribution in [0, 0.1) is 0 Å². The van der Waals surface area contributed by atoms with Crippen molar-refractivity contribution in [2.75, 3.05) is 6.61 Å². The molecule has 0 radical (unpaired) electrons. The Morgan fingerprint density at radius 2 is 1.68 bits per heavy atom. The molecule has 0 amide bonds. The van der Waals surface area contributed by atoms with Crippen LogP contribution in [0.4, 0.5) is 0 Å². The number of carbonyl (C=O) groups is 2. The molecule has 0 heterocycles. The summed E-state index contributed by atoms with van der Waals surface area (Å²) in [6, 6.07) is 10.4. The van der Waals surface area contributed by atoms with Crippen molar-refractivity contribution in [1.29, 1.82) is 0 Å². The molecule has 0 unspecified atom stereocenters.